The number of hydrogen-bond donors (Lipinski definition) is 1. The zero-order chi connectivity index (χ0) is 11.6. The van der Waals surface area contributed by atoms with Crippen LogP contribution in [0.25, 0.3) is 0 Å². The van der Waals surface area contributed by atoms with Crippen molar-refractivity contribution < 1.29 is 4.39 Å². The van der Waals surface area contributed by atoms with Gasteiger partial charge in [0.25, 0.3) is 0 Å². The van der Waals surface area contributed by atoms with E-state index in [0.717, 1.165) is 23.0 Å². The van der Waals surface area contributed by atoms with E-state index in [2.05, 4.69) is 24.2 Å². The topological polar surface area (TPSA) is 24.4 Å². The summed E-state index contributed by atoms with van der Waals surface area (Å²) in [6.07, 6.45) is 1.08. The first-order valence-corrected chi connectivity index (χ1v) is 6.29. The predicted octanol–water partition coefficient (Wildman–Crippen LogP) is 3.51. The van der Waals surface area contributed by atoms with Gasteiger partial charge in [0.05, 0.1) is 5.54 Å². The fourth-order valence-corrected chi connectivity index (χ4v) is 2.81. The Labute approximate surface area is 99.3 Å². The van der Waals surface area contributed by atoms with Gasteiger partial charge in [-0.05, 0) is 38.5 Å². The van der Waals surface area contributed by atoms with Crippen molar-refractivity contribution in [2.75, 3.05) is 11.1 Å². The number of hydrogen-bond acceptors (Lipinski definition) is 3. The van der Waals surface area contributed by atoms with Crippen LogP contribution in [0.5, 0.6) is 0 Å². The first-order chi connectivity index (χ1) is 7.55. The molecule has 0 saturated carbocycles. The largest absolute Gasteiger partial charge is 0.335 e. The van der Waals surface area contributed by atoms with E-state index in [1.54, 1.807) is 17.8 Å². The molecule has 0 spiro atoms. The van der Waals surface area contributed by atoms with Crippen molar-refractivity contribution in [3.8, 4) is 0 Å². The highest BCUT2D eigenvalue weighted by Crippen LogP contribution is 2.26. The number of halogens is 1. The molecule has 2 nitrogen and oxygen atoms in total. The first kappa shape index (κ1) is 11.5. The number of rotatable bonds is 1. The smallest absolute Gasteiger partial charge is 0.161 e. The monoisotopic (exact) mass is 238 g/mol. The molecular weight excluding hydrogens is 223 g/mol. The highest BCUT2D eigenvalue weighted by Gasteiger charge is 2.22. The summed E-state index contributed by atoms with van der Waals surface area (Å²) < 4.78 is 13.0. The van der Waals surface area contributed by atoms with Crippen molar-refractivity contribution in [2.24, 2.45) is 4.99 Å². The molecule has 0 atom stereocenters. The third kappa shape index (κ3) is 2.98. The molecule has 0 amide bonds. The maximum Gasteiger partial charge on any atom is 0.161 e. The Bertz CT molecular complexity index is 415. The van der Waals surface area contributed by atoms with E-state index in [1.165, 1.54) is 12.1 Å². The molecule has 1 aromatic carbocycles. The van der Waals surface area contributed by atoms with Crippen LogP contribution >= 0.6 is 11.8 Å². The number of amidine groups is 1. The lowest BCUT2D eigenvalue weighted by Crippen LogP contribution is -2.27. The van der Waals surface area contributed by atoms with Gasteiger partial charge in [-0.2, -0.15) is 0 Å². The van der Waals surface area contributed by atoms with Gasteiger partial charge < -0.3 is 5.32 Å². The number of nitrogens with one attached hydrogen (secondary N) is 1. The summed E-state index contributed by atoms with van der Waals surface area (Å²) in [6.45, 7) is 4.22. The summed E-state index contributed by atoms with van der Waals surface area (Å²) in [7, 11) is 0. The van der Waals surface area contributed by atoms with Gasteiger partial charge in [0.1, 0.15) is 5.82 Å². The minimum absolute atomic E-state index is 0.0130. The first-order valence-electron chi connectivity index (χ1n) is 5.30. The Morgan fingerprint density at radius 2 is 2.25 bits per heavy atom. The third-order valence-corrected chi connectivity index (χ3v) is 3.31. The van der Waals surface area contributed by atoms with Gasteiger partial charge in [-0.25, -0.2) is 4.39 Å². The zero-order valence-electron chi connectivity index (χ0n) is 9.46. The van der Waals surface area contributed by atoms with Crippen LogP contribution in [-0.4, -0.2) is 16.5 Å². The molecular formula is C12H15FN2S. The average molecular weight is 238 g/mol. The van der Waals surface area contributed by atoms with Crippen LogP contribution in [0.15, 0.2) is 29.3 Å². The highest BCUT2D eigenvalue weighted by molar-refractivity contribution is 8.14. The van der Waals surface area contributed by atoms with Gasteiger partial charge in [-0.1, -0.05) is 17.8 Å². The Morgan fingerprint density at radius 1 is 1.44 bits per heavy atom. The molecule has 0 unspecified atom stereocenters. The van der Waals surface area contributed by atoms with Crippen LogP contribution in [0.1, 0.15) is 20.3 Å². The van der Waals surface area contributed by atoms with E-state index < -0.39 is 0 Å². The summed E-state index contributed by atoms with van der Waals surface area (Å²) in [5.41, 5.74) is 0.741. The Kier molecular flexibility index (Phi) is 3.19. The lowest BCUT2D eigenvalue weighted by molar-refractivity contribution is 0.507. The zero-order valence-corrected chi connectivity index (χ0v) is 10.3. The molecule has 0 radical (unpaired) electrons. The van der Waals surface area contributed by atoms with Gasteiger partial charge in [0.15, 0.2) is 5.17 Å². The van der Waals surface area contributed by atoms with Crippen LogP contribution in [-0.2, 0) is 0 Å². The van der Waals surface area contributed by atoms with Gasteiger partial charge >= 0.3 is 0 Å². The lowest BCUT2D eigenvalue weighted by Gasteiger charge is -2.26. The number of nitrogens with zero attached hydrogens (tertiary/aromatic N) is 1. The average Bonchev–Trinajstić information content (AvgIpc) is 2.15. The van der Waals surface area contributed by atoms with E-state index in [4.69, 9.17) is 0 Å². The Balaban J connectivity index is 2.13. The molecule has 16 heavy (non-hydrogen) atoms. The predicted molar refractivity (Wildman–Crippen MR) is 68.6 cm³/mol. The number of aliphatic imine (C=N–C) groups is 1. The van der Waals surface area contributed by atoms with Crippen LogP contribution in [0, 0.1) is 5.82 Å². The van der Waals surface area contributed by atoms with Gasteiger partial charge in [-0.15, -0.1) is 0 Å². The minimum atomic E-state index is -0.231. The molecule has 1 aliphatic heterocycles. The standard InChI is InChI=1S/C12H15FN2S/c1-12(2)6-7-16-11(15-12)14-10-5-3-4-9(13)8-10/h3-5,8H,6-7H2,1-2H3,(H,14,15). The quantitative estimate of drug-likeness (QED) is 0.809. The molecule has 1 aliphatic rings. The molecule has 1 N–H and O–H groups in total. The second-order valence-electron chi connectivity index (χ2n) is 4.46. The van der Waals surface area contributed by atoms with Crippen molar-refractivity contribution in [1.29, 1.82) is 0 Å². The van der Waals surface area contributed by atoms with Crippen LogP contribution in [0.4, 0.5) is 10.1 Å². The minimum Gasteiger partial charge on any atom is -0.335 e. The lowest BCUT2D eigenvalue weighted by atomic mass is 10.0. The third-order valence-electron chi connectivity index (χ3n) is 2.43. The van der Waals surface area contributed by atoms with E-state index in [0.29, 0.717) is 0 Å². The summed E-state index contributed by atoms with van der Waals surface area (Å²) in [6, 6.07) is 6.44. The van der Waals surface area contributed by atoms with E-state index in [-0.39, 0.29) is 11.4 Å². The SMILES string of the molecule is CC1(C)CCSC(Nc2cccc(F)c2)=N1. The molecule has 0 fully saturated rings. The molecule has 2 rings (SSSR count). The van der Waals surface area contributed by atoms with Gasteiger partial charge in [0.2, 0.25) is 0 Å². The number of thioether (sulfide) groups is 1. The normalized spacial score (nSPS) is 19.1. The number of benzene rings is 1. The van der Waals surface area contributed by atoms with Gasteiger partial charge in [-0.3, -0.25) is 4.99 Å². The summed E-state index contributed by atoms with van der Waals surface area (Å²) in [5.74, 6) is 0.819. The molecule has 1 aromatic rings. The molecule has 1 heterocycles. The van der Waals surface area contributed by atoms with Crippen molar-refractivity contribution in [1.82, 2.24) is 0 Å². The molecule has 0 aliphatic carbocycles. The van der Waals surface area contributed by atoms with E-state index in [9.17, 15) is 4.39 Å². The second kappa shape index (κ2) is 4.45. The Morgan fingerprint density at radius 3 is 2.94 bits per heavy atom. The molecule has 0 saturated heterocycles. The number of anilines is 1. The van der Waals surface area contributed by atoms with Crippen LogP contribution in [0.2, 0.25) is 0 Å². The summed E-state index contributed by atoms with van der Waals surface area (Å²) >= 11 is 1.68. The van der Waals surface area contributed by atoms with Crippen LogP contribution in [0.3, 0.4) is 0 Å². The second-order valence-corrected chi connectivity index (χ2v) is 5.55. The van der Waals surface area contributed by atoms with Crippen molar-refractivity contribution >= 4 is 22.6 Å². The summed E-state index contributed by atoms with van der Waals surface area (Å²) in [4.78, 5) is 4.59. The van der Waals surface area contributed by atoms with E-state index >= 15 is 0 Å². The molecule has 0 aromatic heterocycles. The van der Waals surface area contributed by atoms with E-state index in [1.807, 2.05) is 6.07 Å². The fraction of sp³-hybridized carbons (Fsp3) is 0.417. The highest BCUT2D eigenvalue weighted by atomic mass is 32.2. The fourth-order valence-electron chi connectivity index (χ4n) is 1.51. The molecule has 4 heteroatoms. The van der Waals surface area contributed by atoms with Crippen molar-refractivity contribution in [2.45, 2.75) is 25.8 Å². The Hall–Kier alpha value is -1.03. The molecule has 86 valence electrons. The van der Waals surface area contributed by atoms with Crippen molar-refractivity contribution in [3.63, 3.8) is 0 Å². The molecule has 0 bridgehead atoms. The maximum absolute atomic E-state index is 13.0. The van der Waals surface area contributed by atoms with Gasteiger partial charge in [0, 0.05) is 11.4 Å². The maximum atomic E-state index is 13.0. The van der Waals surface area contributed by atoms with Crippen molar-refractivity contribution in [3.05, 3.63) is 30.1 Å². The summed E-state index contributed by atoms with van der Waals surface area (Å²) in [5, 5.41) is 4.03. The van der Waals surface area contributed by atoms with Crippen LogP contribution < -0.4 is 5.32 Å².